The highest BCUT2D eigenvalue weighted by Gasteiger charge is 2.08. The molecule has 3 N–H and O–H groups in total. The number of H-pyrrole nitrogens is 1. The van der Waals surface area contributed by atoms with Crippen molar-refractivity contribution in [2.24, 2.45) is 0 Å². The zero-order valence-electron chi connectivity index (χ0n) is 8.60. The van der Waals surface area contributed by atoms with E-state index >= 15 is 0 Å². The minimum absolute atomic E-state index is 0.443. The first kappa shape index (κ1) is 9.45. The maximum atomic E-state index is 5.82. The van der Waals surface area contributed by atoms with E-state index in [1.165, 1.54) is 0 Å². The summed E-state index contributed by atoms with van der Waals surface area (Å²) in [7, 11) is 3.73. The molecule has 0 aliphatic rings. The lowest BCUT2D eigenvalue weighted by Gasteiger charge is -2.11. The molecule has 6 nitrogen and oxygen atoms in total. The Morgan fingerprint density at radius 2 is 2.20 bits per heavy atom. The highest BCUT2D eigenvalue weighted by atomic mass is 15.2. The molecule has 0 saturated carbocycles. The zero-order valence-corrected chi connectivity index (χ0v) is 8.60. The smallest absolute Gasteiger partial charge is 0.226 e. The van der Waals surface area contributed by atoms with Gasteiger partial charge in [0.15, 0.2) is 0 Å². The highest BCUT2D eigenvalue weighted by molar-refractivity contribution is 5.70. The number of nitrogens with zero attached hydrogens (tertiary/aromatic N) is 4. The minimum atomic E-state index is 0.443. The molecule has 6 heteroatoms. The number of nitrogens with one attached hydrogen (secondary N) is 1. The second-order valence-electron chi connectivity index (χ2n) is 3.33. The first-order valence-electron chi connectivity index (χ1n) is 4.48. The van der Waals surface area contributed by atoms with Gasteiger partial charge in [0.1, 0.15) is 5.82 Å². The van der Waals surface area contributed by atoms with Gasteiger partial charge in [-0.25, -0.2) is 4.98 Å². The van der Waals surface area contributed by atoms with E-state index in [1.807, 2.05) is 20.2 Å². The SMILES string of the molecule is CN(C)c1ncc(-c2ccn[nH]2)c(N)n1. The van der Waals surface area contributed by atoms with Crippen molar-refractivity contribution in [3.05, 3.63) is 18.5 Å². The van der Waals surface area contributed by atoms with Crippen LogP contribution in [-0.2, 0) is 0 Å². The third-order valence-corrected chi connectivity index (χ3v) is 2.00. The van der Waals surface area contributed by atoms with Crippen molar-refractivity contribution in [2.75, 3.05) is 24.7 Å². The summed E-state index contributed by atoms with van der Waals surface area (Å²) in [5.74, 6) is 1.04. The van der Waals surface area contributed by atoms with Crippen LogP contribution in [0.5, 0.6) is 0 Å². The molecular weight excluding hydrogens is 192 g/mol. The maximum absolute atomic E-state index is 5.82. The van der Waals surface area contributed by atoms with Crippen LogP contribution in [0, 0.1) is 0 Å². The molecule has 0 bridgehead atoms. The molecule has 0 spiro atoms. The van der Waals surface area contributed by atoms with E-state index in [0.717, 1.165) is 11.3 Å². The van der Waals surface area contributed by atoms with Crippen molar-refractivity contribution < 1.29 is 0 Å². The number of aromatic nitrogens is 4. The Morgan fingerprint density at radius 3 is 2.73 bits per heavy atom. The summed E-state index contributed by atoms with van der Waals surface area (Å²) in [6.07, 6.45) is 3.35. The summed E-state index contributed by atoms with van der Waals surface area (Å²) in [4.78, 5) is 10.2. The minimum Gasteiger partial charge on any atom is -0.383 e. The maximum Gasteiger partial charge on any atom is 0.226 e. The van der Waals surface area contributed by atoms with Crippen molar-refractivity contribution in [2.45, 2.75) is 0 Å². The van der Waals surface area contributed by atoms with Crippen LogP contribution < -0.4 is 10.6 Å². The van der Waals surface area contributed by atoms with E-state index in [0.29, 0.717) is 11.8 Å². The largest absolute Gasteiger partial charge is 0.383 e. The standard InChI is InChI=1S/C9H12N6/c1-15(2)9-11-5-6(8(10)13-9)7-3-4-12-14-7/h3-5H,1-2H3,(H,12,14)(H2,10,11,13). The number of hydrogen-bond donors (Lipinski definition) is 2. The molecule has 2 rings (SSSR count). The van der Waals surface area contributed by atoms with Gasteiger partial charge in [0, 0.05) is 26.5 Å². The predicted molar refractivity (Wildman–Crippen MR) is 58.4 cm³/mol. The fourth-order valence-electron chi connectivity index (χ4n) is 1.21. The van der Waals surface area contributed by atoms with Crippen LogP contribution in [0.2, 0.25) is 0 Å². The van der Waals surface area contributed by atoms with E-state index in [2.05, 4.69) is 20.2 Å². The lowest BCUT2D eigenvalue weighted by atomic mass is 10.2. The molecule has 0 aliphatic carbocycles. The first-order chi connectivity index (χ1) is 7.18. The Kier molecular flexibility index (Phi) is 2.24. The highest BCUT2D eigenvalue weighted by Crippen LogP contribution is 2.22. The van der Waals surface area contributed by atoms with Crippen LogP contribution >= 0.6 is 0 Å². The van der Waals surface area contributed by atoms with Crippen LogP contribution in [0.1, 0.15) is 0 Å². The number of hydrogen-bond acceptors (Lipinski definition) is 5. The molecule has 2 aromatic heterocycles. The first-order valence-corrected chi connectivity index (χ1v) is 4.48. The number of nitrogens with two attached hydrogens (primary N) is 1. The van der Waals surface area contributed by atoms with Gasteiger partial charge in [-0.1, -0.05) is 0 Å². The average molecular weight is 204 g/mol. The quantitative estimate of drug-likeness (QED) is 0.744. The molecular formula is C9H12N6. The van der Waals surface area contributed by atoms with Crippen molar-refractivity contribution in [1.82, 2.24) is 20.2 Å². The van der Waals surface area contributed by atoms with Gasteiger partial charge in [0.25, 0.3) is 0 Å². The number of rotatable bonds is 2. The molecule has 0 amide bonds. The molecule has 0 atom stereocenters. The Balaban J connectivity index is 2.44. The van der Waals surface area contributed by atoms with Gasteiger partial charge in [-0.05, 0) is 6.07 Å². The molecule has 0 radical (unpaired) electrons. The lowest BCUT2D eigenvalue weighted by Crippen LogP contribution is -2.13. The summed E-state index contributed by atoms with van der Waals surface area (Å²) in [6.45, 7) is 0. The van der Waals surface area contributed by atoms with Crippen LogP contribution in [0.15, 0.2) is 18.5 Å². The molecule has 0 fully saturated rings. The van der Waals surface area contributed by atoms with Crippen molar-refractivity contribution >= 4 is 11.8 Å². The molecule has 2 heterocycles. The monoisotopic (exact) mass is 204 g/mol. The molecule has 0 unspecified atom stereocenters. The Bertz CT molecular complexity index is 448. The molecule has 0 aromatic carbocycles. The predicted octanol–water partition coefficient (Wildman–Crippen LogP) is 0.515. The molecule has 2 aromatic rings. The third-order valence-electron chi connectivity index (χ3n) is 2.00. The van der Waals surface area contributed by atoms with Gasteiger partial charge in [-0.3, -0.25) is 5.10 Å². The van der Waals surface area contributed by atoms with Gasteiger partial charge in [-0.2, -0.15) is 10.1 Å². The van der Waals surface area contributed by atoms with Gasteiger partial charge < -0.3 is 10.6 Å². The third kappa shape index (κ3) is 1.74. The zero-order chi connectivity index (χ0) is 10.8. The summed E-state index contributed by atoms with van der Waals surface area (Å²) in [5.41, 5.74) is 7.40. The van der Waals surface area contributed by atoms with Crippen molar-refractivity contribution in [1.29, 1.82) is 0 Å². The second-order valence-corrected chi connectivity index (χ2v) is 3.33. The Morgan fingerprint density at radius 1 is 1.40 bits per heavy atom. The van der Waals surface area contributed by atoms with Crippen molar-refractivity contribution in [3.63, 3.8) is 0 Å². The number of anilines is 2. The molecule has 78 valence electrons. The Hall–Kier alpha value is -2.11. The van der Waals surface area contributed by atoms with E-state index < -0.39 is 0 Å². The van der Waals surface area contributed by atoms with Crippen molar-refractivity contribution in [3.8, 4) is 11.3 Å². The Labute approximate surface area is 87.2 Å². The fourth-order valence-corrected chi connectivity index (χ4v) is 1.21. The van der Waals surface area contributed by atoms with Gasteiger partial charge in [-0.15, -0.1) is 0 Å². The van der Waals surface area contributed by atoms with E-state index in [9.17, 15) is 0 Å². The number of nitrogen functional groups attached to an aromatic ring is 1. The van der Waals surface area contributed by atoms with Crippen LogP contribution in [0.3, 0.4) is 0 Å². The van der Waals surface area contributed by atoms with Gasteiger partial charge in [0.05, 0.1) is 11.3 Å². The summed E-state index contributed by atoms with van der Waals surface area (Å²) in [6, 6.07) is 1.82. The summed E-state index contributed by atoms with van der Waals surface area (Å²) in [5, 5.41) is 6.67. The molecule has 0 saturated heterocycles. The number of aromatic amines is 1. The van der Waals surface area contributed by atoms with Gasteiger partial charge in [0.2, 0.25) is 5.95 Å². The van der Waals surface area contributed by atoms with E-state index in [4.69, 9.17) is 5.73 Å². The van der Waals surface area contributed by atoms with Crippen LogP contribution in [-0.4, -0.2) is 34.3 Å². The van der Waals surface area contributed by atoms with E-state index in [1.54, 1.807) is 17.3 Å². The fraction of sp³-hybridized carbons (Fsp3) is 0.222. The van der Waals surface area contributed by atoms with E-state index in [-0.39, 0.29) is 0 Å². The molecule has 15 heavy (non-hydrogen) atoms. The molecule has 0 aliphatic heterocycles. The average Bonchev–Trinajstić information content (AvgIpc) is 2.70. The normalized spacial score (nSPS) is 10.3. The second kappa shape index (κ2) is 3.56. The lowest BCUT2D eigenvalue weighted by molar-refractivity contribution is 1.00. The van der Waals surface area contributed by atoms with Crippen LogP contribution in [0.4, 0.5) is 11.8 Å². The summed E-state index contributed by atoms with van der Waals surface area (Å²) >= 11 is 0. The topological polar surface area (TPSA) is 83.7 Å². The van der Waals surface area contributed by atoms with Crippen LogP contribution in [0.25, 0.3) is 11.3 Å². The summed E-state index contributed by atoms with van der Waals surface area (Å²) < 4.78 is 0. The van der Waals surface area contributed by atoms with Gasteiger partial charge >= 0.3 is 0 Å².